The number of hydrogen-bond acceptors (Lipinski definition) is 2. The maximum absolute atomic E-state index is 5.65. The van der Waals surface area contributed by atoms with Gasteiger partial charge < -0.3 is 10.5 Å². The molecule has 0 bridgehead atoms. The minimum absolute atomic E-state index is 0.133. The van der Waals surface area contributed by atoms with Gasteiger partial charge in [0.05, 0.1) is 12.7 Å². The molecule has 0 amide bonds. The van der Waals surface area contributed by atoms with Gasteiger partial charge in [-0.2, -0.15) is 0 Å². The summed E-state index contributed by atoms with van der Waals surface area (Å²) in [6.07, 6.45) is 0.133. The lowest BCUT2D eigenvalue weighted by atomic mass is 9.96. The van der Waals surface area contributed by atoms with Gasteiger partial charge in [0.25, 0.3) is 0 Å². The molecule has 2 N–H and O–H groups in total. The van der Waals surface area contributed by atoms with Crippen molar-refractivity contribution in [2.24, 2.45) is 5.73 Å². The molecule has 1 atom stereocenters. The van der Waals surface area contributed by atoms with Gasteiger partial charge in [-0.25, -0.2) is 0 Å². The highest BCUT2D eigenvalue weighted by atomic mass is 16.5. The lowest BCUT2D eigenvalue weighted by Crippen LogP contribution is -2.12. The van der Waals surface area contributed by atoms with E-state index in [9.17, 15) is 0 Å². The first-order valence-electron chi connectivity index (χ1n) is 5.45. The summed E-state index contributed by atoms with van der Waals surface area (Å²) in [5.41, 5.74) is 10.6. The Morgan fingerprint density at radius 1 is 1.20 bits per heavy atom. The highest BCUT2D eigenvalue weighted by molar-refractivity contribution is 5.38. The first-order valence-corrected chi connectivity index (χ1v) is 5.45. The summed E-state index contributed by atoms with van der Waals surface area (Å²) < 4.78 is 5.65. The molecule has 0 aromatic heterocycles. The highest BCUT2D eigenvalue weighted by Crippen LogP contribution is 2.25. The van der Waals surface area contributed by atoms with Gasteiger partial charge in [-0.3, -0.25) is 0 Å². The Bertz CT molecular complexity index is 310. The zero-order chi connectivity index (χ0) is 11.4. The molecular weight excluding hydrogens is 186 g/mol. The van der Waals surface area contributed by atoms with E-state index in [4.69, 9.17) is 10.5 Å². The number of benzene rings is 1. The second-order valence-corrected chi connectivity index (χ2v) is 4.11. The zero-order valence-electron chi connectivity index (χ0n) is 10.1. The number of hydrogen-bond donors (Lipinski definition) is 1. The first-order chi connectivity index (χ1) is 7.06. The van der Waals surface area contributed by atoms with E-state index >= 15 is 0 Å². The van der Waals surface area contributed by atoms with Crippen LogP contribution in [0.5, 0.6) is 0 Å². The fourth-order valence-corrected chi connectivity index (χ4v) is 2.16. The van der Waals surface area contributed by atoms with E-state index < -0.39 is 0 Å². The van der Waals surface area contributed by atoms with Crippen LogP contribution in [-0.4, -0.2) is 13.2 Å². The minimum atomic E-state index is 0.133. The lowest BCUT2D eigenvalue weighted by Gasteiger charge is -2.18. The van der Waals surface area contributed by atoms with Crippen molar-refractivity contribution in [1.82, 2.24) is 0 Å². The molecule has 0 fully saturated rings. The Morgan fingerprint density at radius 3 is 2.20 bits per heavy atom. The van der Waals surface area contributed by atoms with E-state index in [1.54, 1.807) is 0 Å². The van der Waals surface area contributed by atoms with Gasteiger partial charge in [-0.15, -0.1) is 0 Å². The summed E-state index contributed by atoms with van der Waals surface area (Å²) >= 11 is 0. The third kappa shape index (κ3) is 3.05. The van der Waals surface area contributed by atoms with Crippen LogP contribution in [0.2, 0.25) is 0 Å². The van der Waals surface area contributed by atoms with Crippen LogP contribution in [-0.2, 0) is 4.74 Å². The van der Waals surface area contributed by atoms with E-state index in [-0.39, 0.29) is 6.10 Å². The standard InChI is InChI=1S/C13H21NO/c1-9-7-10(2)13(11(3)8-9)12(4)15-6-5-14/h7-8,12H,5-6,14H2,1-4H3. The SMILES string of the molecule is Cc1cc(C)c(C(C)OCCN)c(C)c1. The Labute approximate surface area is 92.4 Å². The van der Waals surface area contributed by atoms with Gasteiger partial charge >= 0.3 is 0 Å². The summed E-state index contributed by atoms with van der Waals surface area (Å²) in [7, 11) is 0. The molecule has 0 spiro atoms. The molecule has 84 valence electrons. The molecule has 0 saturated carbocycles. The molecule has 15 heavy (non-hydrogen) atoms. The topological polar surface area (TPSA) is 35.2 Å². The number of ether oxygens (including phenoxy) is 1. The van der Waals surface area contributed by atoms with Crippen molar-refractivity contribution in [3.05, 3.63) is 34.4 Å². The van der Waals surface area contributed by atoms with Crippen molar-refractivity contribution in [2.45, 2.75) is 33.8 Å². The van der Waals surface area contributed by atoms with Crippen molar-refractivity contribution < 1.29 is 4.74 Å². The zero-order valence-corrected chi connectivity index (χ0v) is 10.1. The van der Waals surface area contributed by atoms with Crippen LogP contribution in [0.3, 0.4) is 0 Å². The Hall–Kier alpha value is -0.860. The molecule has 0 aliphatic rings. The quantitative estimate of drug-likeness (QED) is 0.823. The van der Waals surface area contributed by atoms with Gasteiger partial charge in [0, 0.05) is 6.54 Å². The van der Waals surface area contributed by atoms with Crippen molar-refractivity contribution in [2.75, 3.05) is 13.2 Å². The molecule has 1 aromatic carbocycles. The molecule has 0 saturated heterocycles. The maximum Gasteiger partial charge on any atom is 0.0802 e. The lowest BCUT2D eigenvalue weighted by molar-refractivity contribution is 0.0709. The average Bonchev–Trinajstić information content (AvgIpc) is 2.12. The van der Waals surface area contributed by atoms with Crippen LogP contribution in [0.1, 0.15) is 35.3 Å². The van der Waals surface area contributed by atoms with Gasteiger partial charge in [0.2, 0.25) is 0 Å². The predicted molar refractivity (Wildman–Crippen MR) is 64.1 cm³/mol. The monoisotopic (exact) mass is 207 g/mol. The molecule has 2 nitrogen and oxygen atoms in total. The Morgan fingerprint density at radius 2 is 1.73 bits per heavy atom. The van der Waals surface area contributed by atoms with Gasteiger partial charge in [-0.05, 0) is 44.4 Å². The Balaban J connectivity index is 2.92. The largest absolute Gasteiger partial charge is 0.372 e. The van der Waals surface area contributed by atoms with E-state index in [0.717, 1.165) is 0 Å². The summed E-state index contributed by atoms with van der Waals surface area (Å²) in [6.45, 7) is 9.67. The van der Waals surface area contributed by atoms with Crippen LogP contribution in [0, 0.1) is 20.8 Å². The second kappa shape index (κ2) is 5.29. The third-order valence-corrected chi connectivity index (χ3v) is 2.63. The first kappa shape index (κ1) is 12.2. The molecule has 0 aliphatic heterocycles. The summed E-state index contributed by atoms with van der Waals surface area (Å²) in [4.78, 5) is 0. The summed E-state index contributed by atoms with van der Waals surface area (Å²) in [5.74, 6) is 0. The number of aryl methyl sites for hydroxylation is 3. The van der Waals surface area contributed by atoms with E-state index in [0.29, 0.717) is 13.2 Å². The van der Waals surface area contributed by atoms with Crippen LogP contribution < -0.4 is 5.73 Å². The minimum Gasteiger partial charge on any atom is -0.372 e. The van der Waals surface area contributed by atoms with Crippen molar-refractivity contribution in [3.8, 4) is 0 Å². The smallest absolute Gasteiger partial charge is 0.0802 e. The molecule has 1 aromatic rings. The summed E-state index contributed by atoms with van der Waals surface area (Å²) in [6, 6.07) is 4.40. The third-order valence-electron chi connectivity index (χ3n) is 2.63. The van der Waals surface area contributed by atoms with Crippen molar-refractivity contribution >= 4 is 0 Å². The molecule has 1 unspecified atom stereocenters. The molecule has 2 heteroatoms. The van der Waals surface area contributed by atoms with E-state index in [2.05, 4.69) is 39.8 Å². The number of rotatable bonds is 4. The molecule has 0 heterocycles. The molecule has 0 aliphatic carbocycles. The fourth-order valence-electron chi connectivity index (χ4n) is 2.16. The van der Waals surface area contributed by atoms with Gasteiger partial charge in [0.15, 0.2) is 0 Å². The highest BCUT2D eigenvalue weighted by Gasteiger charge is 2.11. The predicted octanol–water partition coefficient (Wildman–Crippen LogP) is 2.65. The number of nitrogens with two attached hydrogens (primary N) is 1. The Kier molecular flexibility index (Phi) is 4.30. The molecule has 1 rings (SSSR count). The van der Waals surface area contributed by atoms with Crippen LogP contribution >= 0.6 is 0 Å². The van der Waals surface area contributed by atoms with Crippen LogP contribution in [0.25, 0.3) is 0 Å². The second-order valence-electron chi connectivity index (χ2n) is 4.11. The molecular formula is C13H21NO. The van der Waals surface area contributed by atoms with Crippen molar-refractivity contribution in [3.63, 3.8) is 0 Å². The van der Waals surface area contributed by atoms with Crippen molar-refractivity contribution in [1.29, 1.82) is 0 Å². The van der Waals surface area contributed by atoms with Crippen LogP contribution in [0.4, 0.5) is 0 Å². The van der Waals surface area contributed by atoms with E-state index in [1.807, 2.05) is 0 Å². The summed E-state index contributed by atoms with van der Waals surface area (Å²) in [5, 5.41) is 0. The van der Waals surface area contributed by atoms with Gasteiger partial charge in [0.1, 0.15) is 0 Å². The fraction of sp³-hybridized carbons (Fsp3) is 0.538. The maximum atomic E-state index is 5.65. The normalized spacial score (nSPS) is 12.9. The van der Waals surface area contributed by atoms with E-state index in [1.165, 1.54) is 22.3 Å². The average molecular weight is 207 g/mol. The molecule has 0 radical (unpaired) electrons. The van der Waals surface area contributed by atoms with Crippen LogP contribution in [0.15, 0.2) is 12.1 Å². The van der Waals surface area contributed by atoms with Gasteiger partial charge in [-0.1, -0.05) is 17.7 Å².